The molecule has 62 valence electrons. The first-order chi connectivity index (χ1) is 4.36. The summed E-state index contributed by atoms with van der Waals surface area (Å²) in [5, 5.41) is 0. The van der Waals surface area contributed by atoms with Gasteiger partial charge in [0.1, 0.15) is 0 Å². The Hall–Kier alpha value is -0.320. The molecule has 1 unspecified atom stereocenters. The van der Waals surface area contributed by atoms with Crippen molar-refractivity contribution in [3.63, 3.8) is 0 Å². The third kappa shape index (κ3) is 3.00. The molecule has 1 atom stereocenters. The third-order valence-electron chi connectivity index (χ3n) is 1.09. The van der Waals surface area contributed by atoms with E-state index in [1.165, 1.54) is 0 Å². The number of alkyl halides is 4. The zero-order valence-corrected chi connectivity index (χ0v) is 5.45. The molecule has 0 amide bonds. The van der Waals surface area contributed by atoms with Crippen LogP contribution in [0.2, 0.25) is 0 Å². The van der Waals surface area contributed by atoms with Gasteiger partial charge in [-0.15, -0.1) is 0 Å². The molecule has 0 aliphatic carbocycles. The van der Waals surface area contributed by atoms with E-state index in [0.717, 1.165) is 6.92 Å². The van der Waals surface area contributed by atoms with Gasteiger partial charge in [0.25, 0.3) is 6.43 Å². The molecule has 0 spiro atoms. The molecule has 0 saturated carbocycles. The van der Waals surface area contributed by atoms with Crippen LogP contribution < -0.4 is 5.73 Å². The van der Waals surface area contributed by atoms with E-state index in [-0.39, 0.29) is 0 Å². The van der Waals surface area contributed by atoms with E-state index in [9.17, 15) is 17.6 Å². The lowest BCUT2D eigenvalue weighted by Crippen LogP contribution is -2.45. The molecule has 0 aliphatic heterocycles. The lowest BCUT2D eigenvalue weighted by molar-refractivity contribution is 0.0167. The van der Waals surface area contributed by atoms with Gasteiger partial charge in [-0.2, -0.15) is 0 Å². The fourth-order valence-electron chi connectivity index (χ4n) is 0.422. The first-order valence-corrected chi connectivity index (χ1v) is 2.71. The van der Waals surface area contributed by atoms with E-state index >= 15 is 0 Å². The molecule has 0 bridgehead atoms. The van der Waals surface area contributed by atoms with Crippen LogP contribution in [0.5, 0.6) is 0 Å². The maximum atomic E-state index is 11.7. The lowest BCUT2D eigenvalue weighted by Gasteiger charge is -2.22. The van der Waals surface area contributed by atoms with Gasteiger partial charge >= 0.3 is 0 Å². The Morgan fingerprint density at radius 3 is 1.80 bits per heavy atom. The predicted molar refractivity (Wildman–Crippen MR) is 29.2 cm³/mol. The van der Waals surface area contributed by atoms with Gasteiger partial charge in [0.05, 0.1) is 5.54 Å². The highest BCUT2D eigenvalue weighted by atomic mass is 19.3. The van der Waals surface area contributed by atoms with E-state index in [1.54, 1.807) is 0 Å². The average molecular weight is 159 g/mol. The van der Waals surface area contributed by atoms with E-state index in [0.29, 0.717) is 0 Å². The van der Waals surface area contributed by atoms with E-state index < -0.39 is 24.8 Å². The molecule has 10 heavy (non-hydrogen) atoms. The van der Waals surface area contributed by atoms with Gasteiger partial charge in [-0.05, 0) is 6.92 Å². The second-order valence-electron chi connectivity index (χ2n) is 2.40. The molecule has 2 N–H and O–H groups in total. The molecule has 0 fully saturated rings. The lowest BCUT2D eigenvalue weighted by atomic mass is 10.0. The fourth-order valence-corrected chi connectivity index (χ4v) is 0.422. The van der Waals surface area contributed by atoms with Crippen LogP contribution in [0.25, 0.3) is 0 Å². The van der Waals surface area contributed by atoms with Gasteiger partial charge in [0.15, 0.2) is 0 Å². The van der Waals surface area contributed by atoms with Crippen molar-refractivity contribution in [1.82, 2.24) is 0 Å². The highest BCUT2D eigenvalue weighted by Crippen LogP contribution is 2.19. The highest BCUT2D eigenvalue weighted by Gasteiger charge is 2.33. The first kappa shape index (κ1) is 9.68. The van der Waals surface area contributed by atoms with Crippen molar-refractivity contribution in [1.29, 1.82) is 0 Å². The SMILES string of the molecule is CC(N)(CC(F)F)C(F)F. The summed E-state index contributed by atoms with van der Waals surface area (Å²) >= 11 is 0. The van der Waals surface area contributed by atoms with Crippen LogP contribution in [0.4, 0.5) is 17.6 Å². The maximum Gasteiger partial charge on any atom is 0.256 e. The molecule has 5 heteroatoms. The molecule has 0 aromatic carbocycles. The average Bonchev–Trinajstić information content (AvgIpc) is 1.60. The summed E-state index contributed by atoms with van der Waals surface area (Å²) in [5.41, 5.74) is 2.77. The Morgan fingerprint density at radius 1 is 1.30 bits per heavy atom. The van der Waals surface area contributed by atoms with Gasteiger partial charge < -0.3 is 5.73 Å². The minimum atomic E-state index is -2.90. The molecule has 1 nitrogen and oxygen atoms in total. The third-order valence-corrected chi connectivity index (χ3v) is 1.09. The Kier molecular flexibility index (Phi) is 3.08. The van der Waals surface area contributed by atoms with Gasteiger partial charge in [0, 0.05) is 6.42 Å². The molecule has 0 rings (SSSR count). The van der Waals surface area contributed by atoms with E-state index in [4.69, 9.17) is 5.73 Å². The highest BCUT2D eigenvalue weighted by molar-refractivity contribution is 4.81. The normalized spacial score (nSPS) is 18.0. The van der Waals surface area contributed by atoms with Crippen molar-refractivity contribution in [2.75, 3.05) is 0 Å². The van der Waals surface area contributed by atoms with Crippen LogP contribution in [-0.4, -0.2) is 18.4 Å². The number of hydrogen-bond donors (Lipinski definition) is 1. The summed E-state index contributed by atoms with van der Waals surface area (Å²) in [7, 11) is 0. The van der Waals surface area contributed by atoms with Crippen molar-refractivity contribution < 1.29 is 17.6 Å². The number of hydrogen-bond acceptors (Lipinski definition) is 1. The largest absolute Gasteiger partial charge is 0.320 e. The molecule has 0 radical (unpaired) electrons. The van der Waals surface area contributed by atoms with Crippen molar-refractivity contribution in [3.05, 3.63) is 0 Å². The maximum absolute atomic E-state index is 11.7. The topological polar surface area (TPSA) is 26.0 Å². The Labute approximate surface area is 56.2 Å². The zero-order chi connectivity index (χ0) is 8.36. The van der Waals surface area contributed by atoms with Crippen LogP contribution >= 0.6 is 0 Å². The van der Waals surface area contributed by atoms with Crippen LogP contribution in [0.1, 0.15) is 13.3 Å². The van der Waals surface area contributed by atoms with Crippen molar-refractivity contribution in [2.45, 2.75) is 31.7 Å². The predicted octanol–water partition coefficient (Wildman–Crippen LogP) is 1.62. The number of rotatable bonds is 3. The first-order valence-electron chi connectivity index (χ1n) is 2.71. The second-order valence-corrected chi connectivity index (χ2v) is 2.40. The summed E-state index contributed by atoms with van der Waals surface area (Å²) in [4.78, 5) is 0. The molecule has 0 heterocycles. The molecular formula is C5H9F4N. The summed E-state index contributed by atoms with van der Waals surface area (Å²) in [6, 6.07) is 0. The van der Waals surface area contributed by atoms with Crippen LogP contribution in [0.3, 0.4) is 0 Å². The standard InChI is InChI=1S/C5H9F4N/c1-5(10,4(8)9)2-3(6)7/h3-4H,2,10H2,1H3. The smallest absolute Gasteiger partial charge is 0.256 e. The zero-order valence-electron chi connectivity index (χ0n) is 5.45. The van der Waals surface area contributed by atoms with Crippen molar-refractivity contribution in [3.8, 4) is 0 Å². The monoisotopic (exact) mass is 159 g/mol. The summed E-state index contributed by atoms with van der Waals surface area (Å²) in [5.74, 6) is 0. The summed E-state index contributed by atoms with van der Waals surface area (Å²) in [6.07, 6.45) is -6.64. The quantitative estimate of drug-likeness (QED) is 0.622. The molecular weight excluding hydrogens is 150 g/mol. The number of halogens is 4. The Morgan fingerprint density at radius 2 is 1.70 bits per heavy atom. The Balaban J connectivity index is 3.87. The van der Waals surface area contributed by atoms with E-state index in [1.807, 2.05) is 0 Å². The van der Waals surface area contributed by atoms with Gasteiger partial charge in [-0.1, -0.05) is 0 Å². The molecule has 0 aromatic rings. The van der Waals surface area contributed by atoms with Gasteiger partial charge in [0.2, 0.25) is 6.43 Å². The van der Waals surface area contributed by atoms with Crippen LogP contribution in [0.15, 0.2) is 0 Å². The number of nitrogens with two attached hydrogens (primary N) is 1. The van der Waals surface area contributed by atoms with Crippen LogP contribution in [-0.2, 0) is 0 Å². The molecule has 0 saturated heterocycles. The minimum absolute atomic E-state index is 0.907. The van der Waals surface area contributed by atoms with Crippen molar-refractivity contribution >= 4 is 0 Å². The summed E-state index contributed by atoms with van der Waals surface area (Å²) in [6.45, 7) is 0.907. The van der Waals surface area contributed by atoms with E-state index in [2.05, 4.69) is 0 Å². The molecule has 0 aliphatic rings. The summed E-state index contributed by atoms with van der Waals surface area (Å²) < 4.78 is 46.4. The van der Waals surface area contributed by atoms with Crippen LogP contribution in [0, 0.1) is 0 Å². The van der Waals surface area contributed by atoms with Gasteiger partial charge in [-0.3, -0.25) is 0 Å². The Bertz CT molecular complexity index is 102. The van der Waals surface area contributed by atoms with Crippen molar-refractivity contribution in [2.24, 2.45) is 5.73 Å². The fraction of sp³-hybridized carbons (Fsp3) is 1.00. The second kappa shape index (κ2) is 3.18. The molecule has 0 aromatic heterocycles. The van der Waals surface area contributed by atoms with Gasteiger partial charge in [-0.25, -0.2) is 17.6 Å². The minimum Gasteiger partial charge on any atom is -0.320 e.